The lowest BCUT2D eigenvalue weighted by Crippen LogP contribution is -2.46. The second-order valence-corrected chi connectivity index (χ2v) is 9.79. The molecule has 2 aliphatic rings. The molecule has 2 saturated heterocycles. The third kappa shape index (κ3) is 6.57. The quantitative estimate of drug-likeness (QED) is 0.661. The van der Waals surface area contributed by atoms with Crippen LogP contribution in [0.3, 0.4) is 0 Å². The molecule has 0 unspecified atom stereocenters. The fourth-order valence-electron chi connectivity index (χ4n) is 4.21. The number of hydrogen-bond donors (Lipinski definition) is 2. The van der Waals surface area contributed by atoms with Gasteiger partial charge in [0, 0.05) is 69.2 Å². The molecule has 2 amide bonds. The van der Waals surface area contributed by atoms with Crippen molar-refractivity contribution in [1.29, 1.82) is 0 Å². The molecule has 2 N–H and O–H groups in total. The Kier molecular flexibility index (Phi) is 7.83. The number of aromatic nitrogens is 2. The number of benzene rings is 1. The first-order chi connectivity index (χ1) is 15.5. The molecular formula is C23H32N6O2S. The van der Waals surface area contributed by atoms with Crippen molar-refractivity contribution < 1.29 is 9.59 Å². The van der Waals surface area contributed by atoms with E-state index < -0.39 is 0 Å². The van der Waals surface area contributed by atoms with Gasteiger partial charge in [-0.2, -0.15) is 16.9 Å². The van der Waals surface area contributed by atoms with E-state index in [4.69, 9.17) is 0 Å². The van der Waals surface area contributed by atoms with Crippen molar-refractivity contribution in [3.8, 4) is 0 Å². The summed E-state index contributed by atoms with van der Waals surface area (Å²) in [6.45, 7) is 5.13. The van der Waals surface area contributed by atoms with Gasteiger partial charge in [-0.05, 0) is 30.5 Å². The minimum absolute atomic E-state index is 0.00867. The third-order valence-corrected chi connectivity index (χ3v) is 6.92. The Labute approximate surface area is 193 Å². The molecule has 0 atom stereocenters. The average Bonchev–Trinajstić information content (AvgIpc) is 3.22. The SMILES string of the molecule is Cn1cc(C(=O)NC2CCN(CC(=O)Nc3cccc(CN4CCSCC4)c3)CC2)cn1. The van der Waals surface area contributed by atoms with E-state index in [1.165, 1.54) is 17.1 Å². The number of nitrogens with zero attached hydrogens (tertiary/aromatic N) is 4. The van der Waals surface area contributed by atoms with E-state index in [0.29, 0.717) is 12.1 Å². The molecule has 0 bridgehead atoms. The van der Waals surface area contributed by atoms with E-state index in [-0.39, 0.29) is 17.9 Å². The number of likely N-dealkylation sites (tertiary alicyclic amines) is 1. The lowest BCUT2D eigenvalue weighted by atomic mass is 10.0. The lowest BCUT2D eigenvalue weighted by Gasteiger charge is -2.31. The molecule has 0 saturated carbocycles. The van der Waals surface area contributed by atoms with Crippen LogP contribution in [0.5, 0.6) is 0 Å². The summed E-state index contributed by atoms with van der Waals surface area (Å²) in [5.41, 5.74) is 2.67. The predicted molar refractivity (Wildman–Crippen MR) is 128 cm³/mol. The first-order valence-electron chi connectivity index (χ1n) is 11.3. The number of carbonyl (C=O) groups excluding carboxylic acids is 2. The Hall–Kier alpha value is -2.36. The lowest BCUT2D eigenvalue weighted by molar-refractivity contribution is -0.117. The fourth-order valence-corrected chi connectivity index (χ4v) is 5.19. The zero-order chi connectivity index (χ0) is 22.3. The summed E-state index contributed by atoms with van der Waals surface area (Å²) in [4.78, 5) is 29.5. The van der Waals surface area contributed by atoms with Crippen molar-refractivity contribution in [3.05, 3.63) is 47.8 Å². The van der Waals surface area contributed by atoms with E-state index in [2.05, 4.69) is 37.7 Å². The number of rotatable bonds is 7. The molecule has 32 heavy (non-hydrogen) atoms. The van der Waals surface area contributed by atoms with Crippen molar-refractivity contribution in [2.75, 3.05) is 49.5 Å². The molecule has 4 rings (SSSR count). The molecule has 172 valence electrons. The number of aryl methyl sites for hydroxylation is 1. The molecule has 8 nitrogen and oxygen atoms in total. The van der Waals surface area contributed by atoms with Crippen molar-refractivity contribution >= 4 is 29.3 Å². The van der Waals surface area contributed by atoms with Crippen LogP contribution >= 0.6 is 11.8 Å². The highest BCUT2D eigenvalue weighted by Gasteiger charge is 2.23. The monoisotopic (exact) mass is 456 g/mol. The Balaban J connectivity index is 1.19. The number of piperidine rings is 1. The second-order valence-electron chi connectivity index (χ2n) is 8.56. The first-order valence-corrected chi connectivity index (χ1v) is 12.4. The van der Waals surface area contributed by atoms with Crippen molar-refractivity contribution in [2.45, 2.75) is 25.4 Å². The van der Waals surface area contributed by atoms with Crippen LogP contribution in [-0.4, -0.2) is 81.7 Å². The Bertz CT molecular complexity index is 919. The maximum atomic E-state index is 12.6. The zero-order valence-electron chi connectivity index (χ0n) is 18.6. The molecule has 1 aromatic heterocycles. The van der Waals surface area contributed by atoms with E-state index in [0.717, 1.165) is 51.3 Å². The van der Waals surface area contributed by atoms with Gasteiger partial charge in [-0.3, -0.25) is 24.1 Å². The van der Waals surface area contributed by atoms with Gasteiger partial charge in [0.25, 0.3) is 5.91 Å². The summed E-state index contributed by atoms with van der Waals surface area (Å²) in [6.07, 6.45) is 4.97. The van der Waals surface area contributed by atoms with Gasteiger partial charge in [-0.1, -0.05) is 12.1 Å². The molecule has 2 fully saturated rings. The molecule has 1 aromatic carbocycles. The molecular weight excluding hydrogens is 424 g/mol. The molecule has 9 heteroatoms. The highest BCUT2D eigenvalue weighted by atomic mass is 32.2. The number of nitrogens with one attached hydrogen (secondary N) is 2. The fraction of sp³-hybridized carbons (Fsp3) is 0.522. The topological polar surface area (TPSA) is 82.5 Å². The number of amides is 2. The highest BCUT2D eigenvalue weighted by Crippen LogP contribution is 2.17. The molecule has 3 heterocycles. The Morgan fingerprint density at radius 1 is 1.12 bits per heavy atom. The zero-order valence-corrected chi connectivity index (χ0v) is 19.4. The van der Waals surface area contributed by atoms with Gasteiger partial charge in [0.15, 0.2) is 0 Å². The third-order valence-electron chi connectivity index (χ3n) is 5.98. The minimum atomic E-state index is -0.0857. The van der Waals surface area contributed by atoms with Crippen LogP contribution in [0.2, 0.25) is 0 Å². The second kappa shape index (κ2) is 11.0. The Morgan fingerprint density at radius 2 is 1.91 bits per heavy atom. The smallest absolute Gasteiger partial charge is 0.254 e. The summed E-state index contributed by atoms with van der Waals surface area (Å²) < 4.78 is 1.62. The van der Waals surface area contributed by atoms with E-state index in [9.17, 15) is 9.59 Å². The van der Waals surface area contributed by atoms with Gasteiger partial charge in [0.2, 0.25) is 5.91 Å². The molecule has 2 aromatic rings. The average molecular weight is 457 g/mol. The Morgan fingerprint density at radius 3 is 2.62 bits per heavy atom. The van der Waals surface area contributed by atoms with Gasteiger partial charge in [0.1, 0.15) is 0 Å². The van der Waals surface area contributed by atoms with E-state index in [1.54, 1.807) is 24.1 Å². The maximum absolute atomic E-state index is 12.6. The van der Waals surface area contributed by atoms with Crippen molar-refractivity contribution in [2.24, 2.45) is 7.05 Å². The van der Waals surface area contributed by atoms with Gasteiger partial charge in [-0.15, -0.1) is 0 Å². The van der Waals surface area contributed by atoms with Crippen LogP contribution in [0, 0.1) is 0 Å². The minimum Gasteiger partial charge on any atom is -0.349 e. The maximum Gasteiger partial charge on any atom is 0.254 e. The molecule has 0 radical (unpaired) electrons. The van der Waals surface area contributed by atoms with Crippen LogP contribution < -0.4 is 10.6 Å². The van der Waals surface area contributed by atoms with Gasteiger partial charge in [0.05, 0.1) is 18.3 Å². The summed E-state index contributed by atoms with van der Waals surface area (Å²) in [6, 6.07) is 8.31. The van der Waals surface area contributed by atoms with Crippen LogP contribution in [0.15, 0.2) is 36.7 Å². The van der Waals surface area contributed by atoms with Crippen LogP contribution in [-0.2, 0) is 18.4 Å². The number of anilines is 1. The summed E-state index contributed by atoms with van der Waals surface area (Å²) >= 11 is 2.01. The summed E-state index contributed by atoms with van der Waals surface area (Å²) in [5, 5.41) is 10.2. The van der Waals surface area contributed by atoms with Crippen molar-refractivity contribution in [1.82, 2.24) is 24.9 Å². The largest absolute Gasteiger partial charge is 0.349 e. The molecule has 2 aliphatic heterocycles. The number of thioether (sulfide) groups is 1. The molecule has 0 spiro atoms. The van der Waals surface area contributed by atoms with Crippen LogP contribution in [0.1, 0.15) is 28.8 Å². The van der Waals surface area contributed by atoms with Crippen LogP contribution in [0.4, 0.5) is 5.69 Å². The normalized spacial score (nSPS) is 18.4. The number of hydrogen-bond acceptors (Lipinski definition) is 6. The number of carbonyl (C=O) groups is 2. The summed E-state index contributed by atoms with van der Waals surface area (Å²) in [5.74, 6) is 2.31. The van der Waals surface area contributed by atoms with Crippen LogP contribution in [0.25, 0.3) is 0 Å². The first kappa shape index (κ1) is 22.8. The van der Waals surface area contributed by atoms with Gasteiger partial charge < -0.3 is 10.6 Å². The van der Waals surface area contributed by atoms with Gasteiger partial charge in [-0.25, -0.2) is 0 Å². The standard InChI is InChI=1S/C23H32N6O2S/c1-27-16-19(14-24-27)23(31)26-20-5-7-28(8-6-20)17-22(30)25-21-4-2-3-18(13-21)15-29-9-11-32-12-10-29/h2-4,13-14,16,20H,5-12,15,17H2,1H3,(H,25,30)(H,26,31). The molecule has 0 aliphatic carbocycles. The summed E-state index contributed by atoms with van der Waals surface area (Å²) in [7, 11) is 1.80. The predicted octanol–water partition coefficient (Wildman–Crippen LogP) is 1.80. The van der Waals surface area contributed by atoms with E-state index >= 15 is 0 Å². The van der Waals surface area contributed by atoms with Gasteiger partial charge >= 0.3 is 0 Å². The van der Waals surface area contributed by atoms with Crippen molar-refractivity contribution in [3.63, 3.8) is 0 Å². The highest BCUT2D eigenvalue weighted by molar-refractivity contribution is 7.99. The van der Waals surface area contributed by atoms with E-state index in [1.807, 2.05) is 23.9 Å².